The molecule has 1 N–H and O–H groups in total. The van der Waals surface area contributed by atoms with Crippen LogP contribution in [-0.4, -0.2) is 18.9 Å². The molecule has 1 aliphatic carbocycles. The average molecular weight is 236 g/mol. The number of fused-ring (bicyclic) bond motifs is 1. The Kier molecular flexibility index (Phi) is 3.49. The molecule has 0 aromatic heterocycles. The van der Waals surface area contributed by atoms with Crippen LogP contribution >= 0.6 is 0 Å². The molecule has 2 nitrogen and oxygen atoms in total. The van der Waals surface area contributed by atoms with E-state index in [2.05, 4.69) is 34.6 Å². The number of aryl methyl sites for hydroxylation is 1. The highest BCUT2D eigenvalue weighted by atomic mass is 35.5. The van der Waals surface area contributed by atoms with Crippen LogP contribution in [-0.2, 0) is 6.42 Å². The molecule has 1 aromatic carbocycles. The monoisotopic (exact) mass is 235 g/mol. The molecule has 3 heteroatoms. The van der Waals surface area contributed by atoms with Gasteiger partial charge in [0.1, 0.15) is 5.84 Å². The van der Waals surface area contributed by atoms with E-state index in [0.717, 1.165) is 13.1 Å². The van der Waals surface area contributed by atoms with E-state index >= 15 is 0 Å². The Hall–Kier alpha value is -1.02. The maximum Gasteiger partial charge on any atom is 0.104 e. The number of nitrogens with zero attached hydrogens (tertiary/aromatic N) is 1. The van der Waals surface area contributed by atoms with E-state index < -0.39 is 0 Å². The van der Waals surface area contributed by atoms with E-state index in [4.69, 9.17) is 0 Å². The maximum atomic E-state index is 4.56. The Morgan fingerprint density at radius 2 is 2.12 bits per heavy atom. The molecular weight excluding hydrogens is 220 g/mol. The molecule has 1 atom stereocenters. The summed E-state index contributed by atoms with van der Waals surface area (Å²) in [5.41, 5.74) is 3.02. The van der Waals surface area contributed by atoms with Crippen molar-refractivity contribution < 1.29 is 12.4 Å². The van der Waals surface area contributed by atoms with Gasteiger partial charge < -0.3 is 17.7 Å². The predicted octanol–water partition coefficient (Wildman–Crippen LogP) is -0.888. The summed E-state index contributed by atoms with van der Waals surface area (Å²) >= 11 is 0. The average Bonchev–Trinajstić information content (AvgIpc) is 2.82. The van der Waals surface area contributed by atoms with Gasteiger partial charge in [-0.3, -0.25) is 4.99 Å². The Morgan fingerprint density at radius 3 is 2.94 bits per heavy atom. The molecule has 0 radical (unpaired) electrons. The fourth-order valence-electron chi connectivity index (χ4n) is 2.69. The first-order valence-electron chi connectivity index (χ1n) is 5.81. The Morgan fingerprint density at radius 1 is 1.25 bits per heavy atom. The van der Waals surface area contributed by atoms with E-state index in [-0.39, 0.29) is 12.4 Å². The lowest BCUT2D eigenvalue weighted by Gasteiger charge is -2.25. The second kappa shape index (κ2) is 4.88. The highest BCUT2D eigenvalue weighted by molar-refractivity contribution is 5.90. The summed E-state index contributed by atoms with van der Waals surface area (Å²) < 4.78 is 0. The van der Waals surface area contributed by atoms with E-state index in [1.54, 1.807) is 0 Å². The third-order valence-electron chi connectivity index (χ3n) is 3.40. The van der Waals surface area contributed by atoms with Crippen LogP contribution in [0.1, 0.15) is 29.9 Å². The zero-order chi connectivity index (χ0) is 10.1. The molecule has 0 amide bonds. The first kappa shape index (κ1) is 11.5. The zero-order valence-corrected chi connectivity index (χ0v) is 10.0. The van der Waals surface area contributed by atoms with Crippen molar-refractivity contribution >= 4 is 5.84 Å². The third-order valence-corrected chi connectivity index (χ3v) is 3.40. The van der Waals surface area contributed by atoms with Gasteiger partial charge in [-0.25, -0.2) is 0 Å². The summed E-state index contributed by atoms with van der Waals surface area (Å²) in [5, 5.41) is 3.42. The van der Waals surface area contributed by atoms with Crippen molar-refractivity contribution in [3.05, 3.63) is 35.4 Å². The Bertz CT molecular complexity index is 401. The minimum Gasteiger partial charge on any atom is -1.00 e. The van der Waals surface area contributed by atoms with Crippen LogP contribution in [0.2, 0.25) is 0 Å². The van der Waals surface area contributed by atoms with Crippen molar-refractivity contribution in [2.75, 3.05) is 13.1 Å². The molecule has 1 aliphatic heterocycles. The zero-order valence-electron chi connectivity index (χ0n) is 9.25. The van der Waals surface area contributed by atoms with Gasteiger partial charge in [-0.05, 0) is 30.4 Å². The van der Waals surface area contributed by atoms with Gasteiger partial charge in [0.2, 0.25) is 0 Å². The highest BCUT2D eigenvalue weighted by Crippen LogP contribution is 2.32. The van der Waals surface area contributed by atoms with E-state index in [9.17, 15) is 0 Å². The minimum absolute atomic E-state index is 0. The summed E-state index contributed by atoms with van der Waals surface area (Å²) in [7, 11) is 0. The lowest BCUT2D eigenvalue weighted by molar-refractivity contribution is -0.00000309. The summed E-state index contributed by atoms with van der Waals surface area (Å²) in [5.74, 6) is 1.76. The van der Waals surface area contributed by atoms with Gasteiger partial charge in [0.05, 0.1) is 6.54 Å². The summed E-state index contributed by atoms with van der Waals surface area (Å²) in [6.45, 7) is 1.97. The van der Waals surface area contributed by atoms with Crippen molar-refractivity contribution in [2.45, 2.75) is 25.2 Å². The molecule has 0 bridgehead atoms. The first-order valence-corrected chi connectivity index (χ1v) is 5.81. The summed E-state index contributed by atoms with van der Waals surface area (Å²) in [6.07, 6.45) is 3.78. The maximum absolute atomic E-state index is 4.56. The Labute approximate surface area is 103 Å². The van der Waals surface area contributed by atoms with E-state index in [1.165, 1.54) is 36.2 Å². The third kappa shape index (κ3) is 1.94. The molecule has 1 heterocycles. The number of hydrogen-bond acceptors (Lipinski definition) is 2. The van der Waals surface area contributed by atoms with Gasteiger partial charge in [0.25, 0.3) is 0 Å². The fourth-order valence-corrected chi connectivity index (χ4v) is 2.69. The van der Waals surface area contributed by atoms with Crippen molar-refractivity contribution in [2.24, 2.45) is 4.99 Å². The number of benzene rings is 1. The smallest absolute Gasteiger partial charge is 0.104 e. The second-order valence-electron chi connectivity index (χ2n) is 4.34. The van der Waals surface area contributed by atoms with Crippen LogP contribution in [0.4, 0.5) is 0 Å². The molecule has 1 unspecified atom stereocenters. The van der Waals surface area contributed by atoms with Crippen LogP contribution < -0.4 is 17.7 Å². The molecule has 0 spiro atoms. The number of hydrogen-bond donors (Lipinski definition) is 1. The van der Waals surface area contributed by atoms with Crippen LogP contribution in [0, 0.1) is 0 Å². The summed E-state index contributed by atoms with van der Waals surface area (Å²) in [6, 6.07) is 8.82. The van der Waals surface area contributed by atoms with Gasteiger partial charge in [-0.1, -0.05) is 24.3 Å². The van der Waals surface area contributed by atoms with Gasteiger partial charge >= 0.3 is 0 Å². The number of aliphatic imine (C=N–C) groups is 1. The van der Waals surface area contributed by atoms with Crippen molar-refractivity contribution in [1.29, 1.82) is 0 Å². The van der Waals surface area contributed by atoms with E-state index in [1.807, 2.05) is 0 Å². The van der Waals surface area contributed by atoms with Gasteiger partial charge in [-0.15, -0.1) is 0 Å². The fraction of sp³-hybridized carbons (Fsp3) is 0.462. The van der Waals surface area contributed by atoms with Crippen LogP contribution in [0.3, 0.4) is 0 Å². The number of halogens is 1. The van der Waals surface area contributed by atoms with Crippen molar-refractivity contribution in [1.82, 2.24) is 5.32 Å². The molecule has 1 aromatic rings. The first-order chi connectivity index (χ1) is 7.45. The largest absolute Gasteiger partial charge is 1.00 e. The molecule has 2 aliphatic rings. The van der Waals surface area contributed by atoms with Crippen molar-refractivity contribution in [3.8, 4) is 0 Å². The number of nitrogens with one attached hydrogen (secondary N) is 1. The van der Waals surface area contributed by atoms with E-state index in [0.29, 0.717) is 5.92 Å². The van der Waals surface area contributed by atoms with Crippen LogP contribution in [0.15, 0.2) is 29.3 Å². The highest BCUT2D eigenvalue weighted by Gasteiger charge is 2.25. The normalized spacial score (nSPS) is 22.8. The van der Waals surface area contributed by atoms with Gasteiger partial charge in [0, 0.05) is 12.5 Å². The molecule has 0 saturated heterocycles. The standard InChI is InChI=1S/C13H16N2.ClH/c1-2-6-11-10(4-1)5-3-7-12(11)13-14-8-9-15-13;/h1-2,4,6,12H,3,5,7-9H2,(H,14,15);1H/p-1. The molecular formula is C13H16ClN2-. The molecule has 0 saturated carbocycles. The van der Waals surface area contributed by atoms with Gasteiger partial charge in [-0.2, -0.15) is 0 Å². The quantitative estimate of drug-likeness (QED) is 0.672. The minimum atomic E-state index is 0. The topological polar surface area (TPSA) is 24.4 Å². The van der Waals surface area contributed by atoms with Crippen LogP contribution in [0.25, 0.3) is 0 Å². The SMILES string of the molecule is [Cl-].c1ccc2c(c1)CCCC2C1=NCCN1. The summed E-state index contributed by atoms with van der Waals surface area (Å²) in [4.78, 5) is 4.56. The number of rotatable bonds is 1. The molecule has 16 heavy (non-hydrogen) atoms. The predicted molar refractivity (Wildman–Crippen MR) is 62.4 cm³/mol. The lowest BCUT2D eigenvalue weighted by Crippen LogP contribution is -3.00. The lowest BCUT2D eigenvalue weighted by atomic mass is 9.82. The molecule has 86 valence electrons. The number of amidine groups is 1. The second-order valence-corrected chi connectivity index (χ2v) is 4.34. The van der Waals surface area contributed by atoms with Crippen molar-refractivity contribution in [3.63, 3.8) is 0 Å². The van der Waals surface area contributed by atoms with Gasteiger partial charge in [0.15, 0.2) is 0 Å². The molecule has 3 rings (SSSR count). The Balaban J connectivity index is 0.000000963. The van der Waals surface area contributed by atoms with Crippen LogP contribution in [0.5, 0.6) is 0 Å². The molecule has 0 fully saturated rings.